The van der Waals surface area contributed by atoms with E-state index >= 15 is 0 Å². The molecule has 5 nitrogen and oxygen atoms in total. The molecule has 0 spiro atoms. The van der Waals surface area contributed by atoms with Crippen LogP contribution in [0, 0.1) is 16.3 Å². The van der Waals surface area contributed by atoms with Crippen LogP contribution in [0.1, 0.15) is 30.1 Å². The molecule has 0 bridgehead atoms. The lowest BCUT2D eigenvalue weighted by molar-refractivity contribution is 0.629. The van der Waals surface area contributed by atoms with E-state index in [1.54, 1.807) is 12.1 Å². The Morgan fingerprint density at radius 3 is 2.72 bits per heavy atom. The summed E-state index contributed by atoms with van der Waals surface area (Å²) in [6, 6.07) is 8.98. The molecule has 124 valence electrons. The molecule has 0 saturated heterocycles. The minimum atomic E-state index is -0.323. The van der Waals surface area contributed by atoms with Crippen LogP contribution >= 0.6 is 22.6 Å². The molecule has 3 heterocycles. The minimum absolute atomic E-state index is 0.323. The normalized spacial score (nSPS) is 14.5. The van der Waals surface area contributed by atoms with E-state index < -0.39 is 0 Å². The summed E-state index contributed by atoms with van der Waals surface area (Å²) in [5.41, 5.74) is 4.29. The zero-order chi connectivity index (χ0) is 17.1. The van der Waals surface area contributed by atoms with Crippen molar-refractivity contribution in [2.45, 2.75) is 25.7 Å². The average molecular weight is 445 g/mol. The highest BCUT2D eigenvalue weighted by Crippen LogP contribution is 2.39. The molecule has 1 aliphatic rings. The van der Waals surface area contributed by atoms with Crippen molar-refractivity contribution in [3.63, 3.8) is 0 Å². The summed E-state index contributed by atoms with van der Waals surface area (Å²) in [4.78, 5) is 9.40. The number of benzene rings is 1. The number of nitrogens with zero attached hydrogens (tertiary/aromatic N) is 5. The summed E-state index contributed by atoms with van der Waals surface area (Å²) >= 11 is 2.17. The Morgan fingerprint density at radius 2 is 1.92 bits per heavy atom. The predicted octanol–water partition coefficient (Wildman–Crippen LogP) is 4.27. The number of aromatic nitrogens is 5. The average Bonchev–Trinajstić information content (AvgIpc) is 3.35. The first-order valence-corrected chi connectivity index (χ1v) is 9.17. The summed E-state index contributed by atoms with van der Waals surface area (Å²) < 4.78 is 17.2. The van der Waals surface area contributed by atoms with Gasteiger partial charge in [-0.25, -0.2) is 14.4 Å². The summed E-state index contributed by atoms with van der Waals surface area (Å²) in [6.07, 6.45) is 2.34. The zero-order valence-corrected chi connectivity index (χ0v) is 15.5. The monoisotopic (exact) mass is 445 g/mol. The molecule has 4 aromatic rings. The number of fused-ring (bicyclic) bond motifs is 3. The molecule has 0 aliphatic heterocycles. The third-order valence-electron chi connectivity index (χ3n) is 4.53. The fourth-order valence-corrected chi connectivity index (χ4v) is 3.60. The van der Waals surface area contributed by atoms with Gasteiger partial charge in [0, 0.05) is 15.2 Å². The lowest BCUT2D eigenvalue weighted by atomic mass is 10.2. The number of pyridine rings is 1. The molecule has 0 atom stereocenters. The van der Waals surface area contributed by atoms with Crippen LogP contribution in [0.3, 0.4) is 0 Å². The summed E-state index contributed by atoms with van der Waals surface area (Å²) in [5.74, 6) is 0.660. The number of rotatable bonds is 2. The van der Waals surface area contributed by atoms with Crippen LogP contribution in [-0.4, -0.2) is 24.6 Å². The van der Waals surface area contributed by atoms with Crippen LogP contribution in [0.4, 0.5) is 4.39 Å². The summed E-state index contributed by atoms with van der Waals surface area (Å²) in [7, 11) is 0. The van der Waals surface area contributed by atoms with Gasteiger partial charge in [-0.2, -0.15) is 0 Å². The second-order valence-electron chi connectivity index (χ2n) is 6.36. The predicted molar refractivity (Wildman–Crippen MR) is 101 cm³/mol. The van der Waals surface area contributed by atoms with Crippen molar-refractivity contribution in [2.24, 2.45) is 0 Å². The molecule has 7 heteroatoms. The van der Waals surface area contributed by atoms with Crippen LogP contribution in [0.5, 0.6) is 0 Å². The van der Waals surface area contributed by atoms with Crippen LogP contribution in [0.25, 0.3) is 28.2 Å². The van der Waals surface area contributed by atoms with Crippen molar-refractivity contribution in [3.8, 4) is 11.4 Å². The van der Waals surface area contributed by atoms with Gasteiger partial charge in [-0.3, -0.25) is 4.40 Å². The third kappa shape index (κ3) is 2.40. The van der Waals surface area contributed by atoms with E-state index in [1.807, 2.05) is 23.5 Å². The van der Waals surface area contributed by atoms with Gasteiger partial charge in [-0.15, -0.1) is 10.2 Å². The van der Waals surface area contributed by atoms with Gasteiger partial charge in [0.05, 0.1) is 11.3 Å². The Balaban J connectivity index is 1.89. The van der Waals surface area contributed by atoms with Gasteiger partial charge in [0.1, 0.15) is 11.3 Å². The Hall–Kier alpha value is -2.16. The van der Waals surface area contributed by atoms with E-state index in [9.17, 15) is 4.39 Å². The first-order chi connectivity index (χ1) is 12.1. The van der Waals surface area contributed by atoms with Crippen LogP contribution in [0.15, 0.2) is 30.3 Å². The molecule has 1 aliphatic carbocycles. The van der Waals surface area contributed by atoms with E-state index in [-0.39, 0.29) is 5.82 Å². The Kier molecular flexibility index (Phi) is 3.28. The Bertz CT molecular complexity index is 1150. The fourth-order valence-electron chi connectivity index (χ4n) is 3.11. The Morgan fingerprint density at radius 1 is 1.08 bits per heavy atom. The van der Waals surface area contributed by atoms with Gasteiger partial charge in [0.25, 0.3) is 0 Å². The maximum absolute atomic E-state index is 14.5. The molecule has 1 fully saturated rings. The van der Waals surface area contributed by atoms with Crippen LogP contribution in [-0.2, 0) is 0 Å². The smallest absolute Gasteiger partial charge is 0.184 e. The van der Waals surface area contributed by atoms with Crippen molar-refractivity contribution in [1.29, 1.82) is 0 Å². The quantitative estimate of drug-likeness (QED) is 0.433. The number of halogens is 2. The number of hydrogen-bond donors (Lipinski definition) is 0. The zero-order valence-electron chi connectivity index (χ0n) is 13.4. The Labute approximate surface area is 156 Å². The summed E-state index contributed by atoms with van der Waals surface area (Å²) in [5, 5.41) is 8.51. The van der Waals surface area contributed by atoms with Gasteiger partial charge in [-0.05, 0) is 72.7 Å². The standard InChI is InChI=1S/C18H13FIN5/c1-9-16-23-24-17(12-8-11(20)4-5-13(12)19)25(16)18-15(21-9)7-6-14(22-18)10-2-3-10/h4-8,10H,2-3H2,1H3. The fraction of sp³-hybridized carbons (Fsp3) is 0.222. The van der Waals surface area contributed by atoms with Gasteiger partial charge < -0.3 is 0 Å². The molecule has 3 aromatic heterocycles. The van der Waals surface area contributed by atoms with Gasteiger partial charge in [-0.1, -0.05) is 0 Å². The van der Waals surface area contributed by atoms with Crippen molar-refractivity contribution in [2.75, 3.05) is 0 Å². The molecule has 5 rings (SSSR count). The SMILES string of the molecule is Cc1nc2ccc(C3CC3)nc2n2c(-c3cc(I)ccc3F)nnc12. The van der Waals surface area contributed by atoms with E-state index in [2.05, 4.69) is 37.8 Å². The van der Waals surface area contributed by atoms with Crippen molar-refractivity contribution in [1.82, 2.24) is 24.6 Å². The van der Waals surface area contributed by atoms with E-state index in [0.717, 1.165) is 20.5 Å². The molecule has 1 saturated carbocycles. The van der Waals surface area contributed by atoms with Gasteiger partial charge in [0.15, 0.2) is 17.1 Å². The van der Waals surface area contributed by atoms with Crippen molar-refractivity contribution >= 4 is 39.4 Å². The molecule has 0 amide bonds. The molecular formula is C18H13FIN5. The van der Waals surface area contributed by atoms with Crippen molar-refractivity contribution in [3.05, 3.63) is 51.1 Å². The van der Waals surface area contributed by atoms with Crippen LogP contribution in [0.2, 0.25) is 0 Å². The summed E-state index contributed by atoms with van der Waals surface area (Å²) in [6.45, 7) is 1.88. The highest BCUT2D eigenvalue weighted by molar-refractivity contribution is 14.1. The molecule has 1 aromatic carbocycles. The minimum Gasteiger partial charge on any atom is -0.255 e. The second-order valence-corrected chi connectivity index (χ2v) is 7.60. The lowest BCUT2D eigenvalue weighted by Gasteiger charge is -2.08. The first-order valence-electron chi connectivity index (χ1n) is 8.09. The van der Waals surface area contributed by atoms with E-state index in [4.69, 9.17) is 4.98 Å². The molecule has 0 N–H and O–H groups in total. The first kappa shape index (κ1) is 15.1. The lowest BCUT2D eigenvalue weighted by Crippen LogP contribution is -2.02. The van der Waals surface area contributed by atoms with E-state index in [1.165, 1.54) is 18.9 Å². The molecule has 0 radical (unpaired) electrons. The van der Waals surface area contributed by atoms with Crippen molar-refractivity contribution < 1.29 is 4.39 Å². The highest BCUT2D eigenvalue weighted by Gasteiger charge is 2.26. The maximum atomic E-state index is 14.5. The van der Waals surface area contributed by atoms with Crippen LogP contribution < -0.4 is 0 Å². The largest absolute Gasteiger partial charge is 0.255 e. The third-order valence-corrected chi connectivity index (χ3v) is 5.20. The molecule has 0 unspecified atom stereocenters. The topological polar surface area (TPSA) is 56.0 Å². The van der Waals surface area contributed by atoms with Gasteiger partial charge >= 0.3 is 0 Å². The van der Waals surface area contributed by atoms with E-state index in [0.29, 0.717) is 28.6 Å². The second kappa shape index (κ2) is 5.42. The molecule has 25 heavy (non-hydrogen) atoms. The maximum Gasteiger partial charge on any atom is 0.184 e. The number of hydrogen-bond acceptors (Lipinski definition) is 4. The number of aryl methyl sites for hydroxylation is 1. The highest BCUT2D eigenvalue weighted by atomic mass is 127. The molecular weight excluding hydrogens is 432 g/mol. The van der Waals surface area contributed by atoms with Gasteiger partial charge in [0.2, 0.25) is 0 Å².